The van der Waals surface area contributed by atoms with Crippen molar-refractivity contribution in [2.75, 3.05) is 9.80 Å². The van der Waals surface area contributed by atoms with Crippen LogP contribution in [0.3, 0.4) is 0 Å². The van der Waals surface area contributed by atoms with Gasteiger partial charge < -0.3 is 9.80 Å². The van der Waals surface area contributed by atoms with Crippen molar-refractivity contribution in [2.45, 2.75) is 0 Å². The Kier molecular flexibility index (Phi) is 8.09. The summed E-state index contributed by atoms with van der Waals surface area (Å²) in [6, 6.07) is 74.0. The monoisotopic (exact) mass is 670 g/mol. The van der Waals surface area contributed by atoms with Crippen LogP contribution in [-0.4, -0.2) is 0 Å². The standard InChI is InChI=1S/C48H34N2S/c1-6-16-35(17-7-1)37-30-38(36-18-8-2-9-19-36)32-44(31-37)50(41-24-14-5-15-25-41)43-26-28-45-46-33-42(27-29-47(46)51-48(45)34-43)49(39-20-10-3-11-21-39)40-22-12-4-13-23-40/h1-34H. The number of benzene rings is 8. The van der Waals surface area contributed by atoms with Gasteiger partial charge in [-0.25, -0.2) is 0 Å². The number of fused-ring (bicyclic) bond motifs is 3. The highest BCUT2D eigenvalue weighted by Crippen LogP contribution is 2.44. The van der Waals surface area contributed by atoms with Gasteiger partial charge in [-0.2, -0.15) is 0 Å². The first-order chi connectivity index (χ1) is 25.3. The minimum absolute atomic E-state index is 1.12. The molecule has 1 heterocycles. The zero-order valence-electron chi connectivity index (χ0n) is 27.9. The lowest BCUT2D eigenvalue weighted by Crippen LogP contribution is -2.10. The Morgan fingerprint density at radius 1 is 0.255 bits per heavy atom. The lowest BCUT2D eigenvalue weighted by Gasteiger charge is -2.27. The fourth-order valence-electron chi connectivity index (χ4n) is 6.99. The van der Waals surface area contributed by atoms with Gasteiger partial charge in [0.2, 0.25) is 0 Å². The van der Waals surface area contributed by atoms with Crippen LogP contribution < -0.4 is 9.80 Å². The molecule has 2 nitrogen and oxygen atoms in total. The largest absolute Gasteiger partial charge is 0.310 e. The molecular formula is C48H34N2S. The van der Waals surface area contributed by atoms with Crippen molar-refractivity contribution in [1.82, 2.24) is 0 Å². The molecule has 0 spiro atoms. The van der Waals surface area contributed by atoms with Crippen molar-refractivity contribution >= 4 is 65.6 Å². The molecule has 0 saturated carbocycles. The lowest BCUT2D eigenvalue weighted by atomic mass is 9.97. The normalized spacial score (nSPS) is 11.1. The summed E-state index contributed by atoms with van der Waals surface area (Å²) in [5.74, 6) is 0. The number of para-hydroxylation sites is 3. The van der Waals surface area contributed by atoms with E-state index in [4.69, 9.17) is 0 Å². The molecule has 51 heavy (non-hydrogen) atoms. The van der Waals surface area contributed by atoms with E-state index in [1.807, 2.05) is 11.3 Å². The molecule has 3 heteroatoms. The van der Waals surface area contributed by atoms with E-state index in [0.717, 1.165) is 34.1 Å². The Hall–Kier alpha value is -6.42. The van der Waals surface area contributed by atoms with E-state index in [2.05, 4.69) is 216 Å². The molecule has 0 unspecified atom stereocenters. The molecular weight excluding hydrogens is 637 g/mol. The van der Waals surface area contributed by atoms with Gasteiger partial charge in [-0.15, -0.1) is 11.3 Å². The fourth-order valence-corrected chi connectivity index (χ4v) is 8.11. The molecule has 0 bridgehead atoms. The van der Waals surface area contributed by atoms with Crippen molar-refractivity contribution < 1.29 is 0 Å². The molecule has 0 aliphatic carbocycles. The van der Waals surface area contributed by atoms with Gasteiger partial charge in [-0.1, -0.05) is 121 Å². The molecule has 1 aromatic heterocycles. The molecule has 9 rings (SSSR count). The summed E-state index contributed by atoms with van der Waals surface area (Å²) < 4.78 is 2.53. The summed E-state index contributed by atoms with van der Waals surface area (Å²) in [6.07, 6.45) is 0. The molecule has 0 N–H and O–H groups in total. The molecule has 0 fully saturated rings. The number of thiophene rings is 1. The molecule has 0 aliphatic rings. The van der Waals surface area contributed by atoms with Crippen LogP contribution in [0.2, 0.25) is 0 Å². The van der Waals surface area contributed by atoms with E-state index in [1.165, 1.54) is 42.4 Å². The van der Waals surface area contributed by atoms with Gasteiger partial charge >= 0.3 is 0 Å². The highest BCUT2D eigenvalue weighted by Gasteiger charge is 2.18. The van der Waals surface area contributed by atoms with Crippen molar-refractivity contribution in [3.05, 3.63) is 206 Å². The topological polar surface area (TPSA) is 6.48 Å². The van der Waals surface area contributed by atoms with Crippen LogP contribution in [0.15, 0.2) is 206 Å². The molecule has 0 aliphatic heterocycles. The smallest absolute Gasteiger partial charge is 0.0476 e. The van der Waals surface area contributed by atoms with E-state index in [0.29, 0.717) is 0 Å². The predicted molar refractivity (Wildman–Crippen MR) is 220 cm³/mol. The van der Waals surface area contributed by atoms with E-state index in [9.17, 15) is 0 Å². The van der Waals surface area contributed by atoms with Crippen LogP contribution >= 0.6 is 11.3 Å². The highest BCUT2D eigenvalue weighted by molar-refractivity contribution is 7.25. The number of hydrogen-bond acceptors (Lipinski definition) is 3. The quantitative estimate of drug-likeness (QED) is 0.159. The van der Waals surface area contributed by atoms with E-state index >= 15 is 0 Å². The molecule has 0 radical (unpaired) electrons. The van der Waals surface area contributed by atoms with Crippen molar-refractivity contribution in [1.29, 1.82) is 0 Å². The van der Waals surface area contributed by atoms with Gasteiger partial charge in [0.25, 0.3) is 0 Å². The maximum atomic E-state index is 2.39. The number of hydrogen-bond donors (Lipinski definition) is 0. The average Bonchev–Trinajstić information content (AvgIpc) is 3.57. The van der Waals surface area contributed by atoms with Crippen molar-refractivity contribution in [2.24, 2.45) is 0 Å². The van der Waals surface area contributed by atoms with Gasteiger partial charge in [-0.3, -0.25) is 0 Å². The van der Waals surface area contributed by atoms with Gasteiger partial charge in [0, 0.05) is 54.3 Å². The number of anilines is 6. The Labute approximate surface area is 302 Å². The van der Waals surface area contributed by atoms with Gasteiger partial charge in [-0.05, 0) is 107 Å². The molecule has 8 aromatic carbocycles. The first kappa shape index (κ1) is 30.6. The summed E-state index contributed by atoms with van der Waals surface area (Å²) in [4.78, 5) is 4.72. The van der Waals surface area contributed by atoms with Crippen LogP contribution in [0.5, 0.6) is 0 Å². The number of nitrogens with zero attached hydrogens (tertiary/aromatic N) is 2. The fraction of sp³-hybridized carbons (Fsp3) is 0. The Bertz CT molecular complexity index is 2470. The lowest BCUT2D eigenvalue weighted by molar-refractivity contribution is 1.29. The molecule has 9 aromatic rings. The van der Waals surface area contributed by atoms with Crippen molar-refractivity contribution in [3.8, 4) is 22.3 Å². The maximum Gasteiger partial charge on any atom is 0.0476 e. The van der Waals surface area contributed by atoms with Crippen LogP contribution in [0.4, 0.5) is 34.1 Å². The minimum Gasteiger partial charge on any atom is -0.310 e. The minimum atomic E-state index is 1.12. The van der Waals surface area contributed by atoms with Gasteiger partial charge in [0.15, 0.2) is 0 Å². The highest BCUT2D eigenvalue weighted by atomic mass is 32.1. The summed E-state index contributed by atoms with van der Waals surface area (Å²) in [7, 11) is 0. The maximum absolute atomic E-state index is 2.39. The summed E-state index contributed by atoms with van der Waals surface area (Å²) >= 11 is 1.85. The van der Waals surface area contributed by atoms with Crippen LogP contribution in [0.25, 0.3) is 42.4 Å². The van der Waals surface area contributed by atoms with Crippen LogP contribution in [0.1, 0.15) is 0 Å². The SMILES string of the molecule is c1ccc(-c2cc(-c3ccccc3)cc(N(c3ccccc3)c3ccc4c(c3)sc3ccc(N(c5ccccc5)c5ccccc5)cc34)c2)cc1. The van der Waals surface area contributed by atoms with Crippen LogP contribution in [-0.2, 0) is 0 Å². The number of rotatable bonds is 8. The zero-order chi connectivity index (χ0) is 34.0. The summed E-state index contributed by atoms with van der Waals surface area (Å²) in [5.41, 5.74) is 11.5. The summed E-state index contributed by atoms with van der Waals surface area (Å²) in [5, 5.41) is 2.53. The first-order valence-corrected chi connectivity index (χ1v) is 18.1. The second kappa shape index (κ2) is 13.5. The predicted octanol–water partition coefficient (Wildman–Crippen LogP) is 14.3. The summed E-state index contributed by atoms with van der Waals surface area (Å²) in [6.45, 7) is 0. The van der Waals surface area contributed by atoms with E-state index in [1.54, 1.807) is 0 Å². The van der Waals surface area contributed by atoms with Gasteiger partial charge in [0.1, 0.15) is 0 Å². The Morgan fingerprint density at radius 2 is 0.686 bits per heavy atom. The third kappa shape index (κ3) is 6.05. The molecule has 0 amide bonds. The van der Waals surface area contributed by atoms with Gasteiger partial charge in [0.05, 0.1) is 0 Å². The Morgan fingerprint density at radius 3 is 1.20 bits per heavy atom. The zero-order valence-corrected chi connectivity index (χ0v) is 28.7. The second-order valence-electron chi connectivity index (χ2n) is 12.6. The third-order valence-corrected chi connectivity index (χ3v) is 10.5. The molecule has 242 valence electrons. The van der Waals surface area contributed by atoms with E-state index < -0.39 is 0 Å². The molecule has 0 saturated heterocycles. The first-order valence-electron chi connectivity index (χ1n) is 17.3. The second-order valence-corrected chi connectivity index (χ2v) is 13.7. The molecule has 0 atom stereocenters. The van der Waals surface area contributed by atoms with Crippen LogP contribution in [0, 0.1) is 0 Å². The Balaban J connectivity index is 1.19. The third-order valence-electron chi connectivity index (χ3n) is 9.39. The average molecular weight is 671 g/mol. The van der Waals surface area contributed by atoms with E-state index in [-0.39, 0.29) is 0 Å². The van der Waals surface area contributed by atoms with Crippen molar-refractivity contribution in [3.63, 3.8) is 0 Å².